The third-order valence-corrected chi connectivity index (χ3v) is 3.27. The maximum atomic E-state index is 10.8. The van der Waals surface area contributed by atoms with Gasteiger partial charge in [0.25, 0.3) is 0 Å². The zero-order valence-corrected chi connectivity index (χ0v) is 10.9. The standard InChI is InChI=1S/C12H17ClN4O/c13-9-1-2-12(15-7-9)16-10-3-5-17(6-4-10)8-11(14)18/h1-2,7,10H,3-6,8H2,(H2,14,18)(H,15,16). The van der Waals surface area contributed by atoms with E-state index in [0.29, 0.717) is 17.6 Å². The topological polar surface area (TPSA) is 71.2 Å². The van der Waals surface area contributed by atoms with Gasteiger partial charge in [-0.05, 0) is 25.0 Å². The first-order chi connectivity index (χ1) is 8.63. The summed E-state index contributed by atoms with van der Waals surface area (Å²) in [6, 6.07) is 4.08. The van der Waals surface area contributed by atoms with Gasteiger partial charge in [0.2, 0.25) is 5.91 Å². The molecule has 1 aromatic rings. The summed E-state index contributed by atoms with van der Waals surface area (Å²) in [5.74, 6) is 0.577. The Hall–Kier alpha value is -1.33. The first-order valence-electron chi connectivity index (χ1n) is 6.02. The Bertz CT molecular complexity index is 401. The highest BCUT2D eigenvalue weighted by Crippen LogP contribution is 2.16. The van der Waals surface area contributed by atoms with Gasteiger partial charge in [-0.3, -0.25) is 9.69 Å². The van der Waals surface area contributed by atoms with Gasteiger partial charge in [0.05, 0.1) is 11.6 Å². The van der Waals surface area contributed by atoms with Crippen LogP contribution in [0, 0.1) is 0 Å². The Labute approximate surface area is 111 Å². The molecule has 2 rings (SSSR count). The second-order valence-electron chi connectivity index (χ2n) is 4.52. The smallest absolute Gasteiger partial charge is 0.231 e. The minimum Gasteiger partial charge on any atom is -0.369 e. The molecule has 1 aromatic heterocycles. The number of likely N-dealkylation sites (tertiary alicyclic amines) is 1. The SMILES string of the molecule is NC(=O)CN1CCC(Nc2ccc(Cl)cn2)CC1. The average Bonchev–Trinajstić information content (AvgIpc) is 2.34. The number of pyridine rings is 1. The van der Waals surface area contributed by atoms with Crippen LogP contribution in [0.4, 0.5) is 5.82 Å². The molecule has 1 saturated heterocycles. The number of carbonyl (C=O) groups is 1. The Kier molecular flexibility index (Phi) is 4.38. The Morgan fingerprint density at radius 3 is 2.78 bits per heavy atom. The number of amides is 1. The number of halogens is 1. The first kappa shape index (κ1) is 13.1. The molecule has 5 nitrogen and oxygen atoms in total. The number of rotatable bonds is 4. The van der Waals surface area contributed by atoms with E-state index >= 15 is 0 Å². The summed E-state index contributed by atoms with van der Waals surface area (Å²) >= 11 is 5.78. The minimum atomic E-state index is -0.263. The molecule has 0 unspecified atom stereocenters. The second kappa shape index (κ2) is 6.02. The summed E-state index contributed by atoms with van der Waals surface area (Å²) in [7, 11) is 0. The molecule has 1 aliphatic rings. The van der Waals surface area contributed by atoms with Crippen LogP contribution in [-0.4, -0.2) is 41.5 Å². The fourth-order valence-corrected chi connectivity index (χ4v) is 2.24. The van der Waals surface area contributed by atoms with Crippen LogP contribution in [0.25, 0.3) is 0 Å². The van der Waals surface area contributed by atoms with Gasteiger partial charge in [-0.1, -0.05) is 11.6 Å². The number of nitrogens with one attached hydrogen (secondary N) is 1. The van der Waals surface area contributed by atoms with Crippen LogP contribution < -0.4 is 11.1 Å². The summed E-state index contributed by atoms with van der Waals surface area (Å²) in [6.07, 6.45) is 3.60. The number of nitrogens with two attached hydrogens (primary N) is 1. The number of piperidine rings is 1. The van der Waals surface area contributed by atoms with Crippen LogP contribution in [0.15, 0.2) is 18.3 Å². The van der Waals surface area contributed by atoms with Crippen LogP contribution in [-0.2, 0) is 4.79 Å². The zero-order valence-electron chi connectivity index (χ0n) is 10.1. The maximum absolute atomic E-state index is 10.8. The van der Waals surface area contributed by atoms with E-state index in [1.165, 1.54) is 0 Å². The molecule has 1 aliphatic heterocycles. The lowest BCUT2D eigenvalue weighted by molar-refractivity contribution is -0.119. The lowest BCUT2D eigenvalue weighted by Crippen LogP contribution is -2.43. The van der Waals surface area contributed by atoms with Crippen molar-refractivity contribution in [1.82, 2.24) is 9.88 Å². The molecule has 0 atom stereocenters. The molecule has 1 fully saturated rings. The fourth-order valence-electron chi connectivity index (χ4n) is 2.13. The van der Waals surface area contributed by atoms with Crippen LogP contribution >= 0.6 is 11.6 Å². The predicted octanol–water partition coefficient (Wildman–Crippen LogP) is 1.10. The molecule has 0 aromatic carbocycles. The highest BCUT2D eigenvalue weighted by molar-refractivity contribution is 6.30. The third kappa shape index (κ3) is 3.85. The van der Waals surface area contributed by atoms with E-state index in [4.69, 9.17) is 17.3 Å². The van der Waals surface area contributed by atoms with Crippen molar-refractivity contribution in [2.24, 2.45) is 5.73 Å². The normalized spacial score (nSPS) is 17.6. The number of hydrogen-bond donors (Lipinski definition) is 2. The lowest BCUT2D eigenvalue weighted by Gasteiger charge is -2.31. The summed E-state index contributed by atoms with van der Waals surface area (Å²) in [4.78, 5) is 17.1. The van der Waals surface area contributed by atoms with E-state index in [1.807, 2.05) is 12.1 Å². The summed E-state index contributed by atoms with van der Waals surface area (Å²) in [5.41, 5.74) is 5.18. The third-order valence-electron chi connectivity index (χ3n) is 3.05. The molecule has 0 saturated carbocycles. The number of carbonyl (C=O) groups excluding carboxylic acids is 1. The predicted molar refractivity (Wildman–Crippen MR) is 71.5 cm³/mol. The van der Waals surface area contributed by atoms with Crippen molar-refractivity contribution in [3.63, 3.8) is 0 Å². The first-order valence-corrected chi connectivity index (χ1v) is 6.40. The molecule has 0 radical (unpaired) electrons. The number of hydrogen-bond acceptors (Lipinski definition) is 4. The molecule has 6 heteroatoms. The van der Waals surface area contributed by atoms with Gasteiger partial charge in [0.1, 0.15) is 5.82 Å². The highest BCUT2D eigenvalue weighted by Gasteiger charge is 2.20. The number of anilines is 1. The van der Waals surface area contributed by atoms with Crippen molar-refractivity contribution < 1.29 is 4.79 Å². The summed E-state index contributed by atoms with van der Waals surface area (Å²) in [6.45, 7) is 2.12. The summed E-state index contributed by atoms with van der Waals surface area (Å²) < 4.78 is 0. The van der Waals surface area contributed by atoms with E-state index in [0.717, 1.165) is 31.7 Å². The van der Waals surface area contributed by atoms with Crippen LogP contribution in [0.3, 0.4) is 0 Å². The second-order valence-corrected chi connectivity index (χ2v) is 4.96. The van der Waals surface area contributed by atoms with E-state index in [2.05, 4.69) is 15.2 Å². The molecule has 0 spiro atoms. The minimum absolute atomic E-state index is 0.263. The molecule has 3 N–H and O–H groups in total. The molecule has 0 aliphatic carbocycles. The number of aromatic nitrogens is 1. The Morgan fingerprint density at radius 2 is 2.22 bits per heavy atom. The monoisotopic (exact) mass is 268 g/mol. The van der Waals surface area contributed by atoms with Gasteiger partial charge in [-0.15, -0.1) is 0 Å². The fraction of sp³-hybridized carbons (Fsp3) is 0.500. The van der Waals surface area contributed by atoms with Crippen LogP contribution in [0.5, 0.6) is 0 Å². The van der Waals surface area contributed by atoms with Crippen LogP contribution in [0.1, 0.15) is 12.8 Å². The van der Waals surface area contributed by atoms with Crippen molar-refractivity contribution >= 4 is 23.3 Å². The Balaban J connectivity index is 1.79. The van der Waals surface area contributed by atoms with Crippen molar-refractivity contribution in [3.8, 4) is 0 Å². The number of nitrogens with zero attached hydrogens (tertiary/aromatic N) is 2. The largest absolute Gasteiger partial charge is 0.369 e. The Morgan fingerprint density at radius 1 is 1.50 bits per heavy atom. The molecule has 98 valence electrons. The molecule has 2 heterocycles. The average molecular weight is 269 g/mol. The van der Waals surface area contributed by atoms with Gasteiger partial charge in [0.15, 0.2) is 0 Å². The molecule has 1 amide bonds. The van der Waals surface area contributed by atoms with Crippen molar-refractivity contribution in [3.05, 3.63) is 23.4 Å². The lowest BCUT2D eigenvalue weighted by atomic mass is 10.1. The van der Waals surface area contributed by atoms with E-state index in [9.17, 15) is 4.79 Å². The van der Waals surface area contributed by atoms with Gasteiger partial charge in [-0.25, -0.2) is 4.98 Å². The maximum Gasteiger partial charge on any atom is 0.231 e. The highest BCUT2D eigenvalue weighted by atomic mass is 35.5. The van der Waals surface area contributed by atoms with Crippen molar-refractivity contribution in [2.45, 2.75) is 18.9 Å². The van der Waals surface area contributed by atoms with Gasteiger partial charge >= 0.3 is 0 Å². The van der Waals surface area contributed by atoms with Gasteiger partial charge in [0, 0.05) is 25.3 Å². The van der Waals surface area contributed by atoms with Crippen molar-refractivity contribution in [1.29, 1.82) is 0 Å². The summed E-state index contributed by atoms with van der Waals surface area (Å²) in [5, 5.41) is 4.01. The van der Waals surface area contributed by atoms with Gasteiger partial charge in [-0.2, -0.15) is 0 Å². The molecular formula is C12H17ClN4O. The van der Waals surface area contributed by atoms with E-state index in [1.54, 1.807) is 6.20 Å². The number of primary amides is 1. The zero-order chi connectivity index (χ0) is 13.0. The molecular weight excluding hydrogens is 252 g/mol. The van der Waals surface area contributed by atoms with Gasteiger partial charge < -0.3 is 11.1 Å². The van der Waals surface area contributed by atoms with E-state index < -0.39 is 0 Å². The molecule has 0 bridgehead atoms. The van der Waals surface area contributed by atoms with Crippen molar-refractivity contribution in [2.75, 3.05) is 25.0 Å². The molecule has 18 heavy (non-hydrogen) atoms. The van der Waals surface area contributed by atoms with Crippen LogP contribution in [0.2, 0.25) is 5.02 Å². The van der Waals surface area contributed by atoms with E-state index in [-0.39, 0.29) is 5.91 Å². The quantitative estimate of drug-likeness (QED) is 0.858.